The first-order chi connectivity index (χ1) is 13.8. The fraction of sp³-hybridized carbons (Fsp3) is 0.958. The van der Waals surface area contributed by atoms with Gasteiger partial charge in [-0.1, -0.05) is 110 Å². The summed E-state index contributed by atoms with van der Waals surface area (Å²) in [6.45, 7) is 3.97. The highest BCUT2D eigenvalue weighted by molar-refractivity contribution is 5.69. The van der Waals surface area contributed by atoms with Gasteiger partial charge >= 0.3 is 5.97 Å². The van der Waals surface area contributed by atoms with E-state index in [0.29, 0.717) is 26.1 Å². The Kier molecular flexibility index (Phi) is 23.9. The second-order valence-corrected chi connectivity index (χ2v) is 8.10. The third-order valence-electron chi connectivity index (χ3n) is 5.31. The molecule has 0 unspecified atom stereocenters. The second kappa shape index (κ2) is 24.4. The third kappa shape index (κ3) is 23.4. The van der Waals surface area contributed by atoms with Gasteiger partial charge in [-0.05, 0) is 6.42 Å². The average Bonchev–Trinajstić information content (AvgIpc) is 2.70. The summed E-state index contributed by atoms with van der Waals surface area (Å²) < 4.78 is 5.13. The lowest BCUT2D eigenvalue weighted by Gasteiger charge is -2.06. The maximum atomic E-state index is 11.5. The van der Waals surface area contributed by atoms with Gasteiger partial charge in [0.1, 0.15) is 6.61 Å². The van der Waals surface area contributed by atoms with Gasteiger partial charge in [0, 0.05) is 19.5 Å². The number of nitrogens with one attached hydrogen (secondary N) is 1. The minimum Gasteiger partial charge on any atom is -0.464 e. The molecule has 0 spiro atoms. The van der Waals surface area contributed by atoms with Crippen LogP contribution in [-0.2, 0) is 9.53 Å². The van der Waals surface area contributed by atoms with Crippen molar-refractivity contribution in [2.75, 3.05) is 26.3 Å². The molecular weight excluding hydrogens is 350 g/mol. The van der Waals surface area contributed by atoms with Crippen LogP contribution in [0.2, 0.25) is 0 Å². The van der Waals surface area contributed by atoms with Gasteiger partial charge in [-0.3, -0.25) is 4.79 Å². The van der Waals surface area contributed by atoms with Crippen LogP contribution in [0, 0.1) is 0 Å². The van der Waals surface area contributed by atoms with Crippen LogP contribution in [0.25, 0.3) is 0 Å². The molecule has 0 rings (SSSR count). The summed E-state index contributed by atoms with van der Waals surface area (Å²) in [6, 6.07) is 0. The molecule has 0 aliphatic rings. The number of carbonyl (C=O) groups is 1. The molecule has 0 bridgehead atoms. The predicted molar refractivity (Wildman–Crippen MR) is 120 cm³/mol. The van der Waals surface area contributed by atoms with E-state index in [9.17, 15) is 4.79 Å². The maximum absolute atomic E-state index is 11.5. The number of hydrogen-bond donors (Lipinski definition) is 2. The number of ether oxygens (including phenoxy) is 1. The highest BCUT2D eigenvalue weighted by Gasteiger charge is 2.02. The molecule has 28 heavy (non-hydrogen) atoms. The Bertz CT molecular complexity index is 310. The van der Waals surface area contributed by atoms with Crippen molar-refractivity contribution >= 4 is 5.97 Å². The van der Waals surface area contributed by atoms with E-state index in [1.54, 1.807) is 0 Å². The molecule has 0 heterocycles. The fourth-order valence-electron chi connectivity index (χ4n) is 3.51. The lowest BCUT2D eigenvalue weighted by molar-refractivity contribution is -0.143. The monoisotopic (exact) mass is 399 g/mol. The van der Waals surface area contributed by atoms with Gasteiger partial charge in [-0.2, -0.15) is 0 Å². The van der Waals surface area contributed by atoms with Crippen LogP contribution < -0.4 is 5.32 Å². The zero-order chi connectivity index (χ0) is 20.5. The van der Waals surface area contributed by atoms with Crippen molar-refractivity contribution in [1.29, 1.82) is 0 Å². The molecule has 0 radical (unpaired) electrons. The van der Waals surface area contributed by atoms with Crippen LogP contribution in [0.5, 0.6) is 0 Å². The lowest BCUT2D eigenvalue weighted by atomic mass is 10.0. The van der Waals surface area contributed by atoms with Crippen molar-refractivity contribution in [3.05, 3.63) is 0 Å². The van der Waals surface area contributed by atoms with Crippen molar-refractivity contribution in [3.8, 4) is 0 Å². The lowest BCUT2D eigenvalue weighted by Crippen LogP contribution is -2.24. The number of hydrogen-bond acceptors (Lipinski definition) is 4. The summed E-state index contributed by atoms with van der Waals surface area (Å²) in [5.41, 5.74) is 0. The highest BCUT2D eigenvalue weighted by atomic mass is 16.5. The van der Waals surface area contributed by atoms with Gasteiger partial charge < -0.3 is 15.2 Å². The second-order valence-electron chi connectivity index (χ2n) is 8.10. The number of carbonyl (C=O) groups excluding carboxylic acids is 1. The Morgan fingerprint density at radius 1 is 0.679 bits per heavy atom. The smallest absolute Gasteiger partial charge is 0.305 e. The van der Waals surface area contributed by atoms with Crippen molar-refractivity contribution in [3.63, 3.8) is 0 Å². The molecular formula is C24H49NO3. The van der Waals surface area contributed by atoms with Gasteiger partial charge in [0.15, 0.2) is 0 Å². The van der Waals surface area contributed by atoms with Gasteiger partial charge in [0.05, 0.1) is 6.61 Å². The SMILES string of the molecule is CCCCCCCCCCCCCCCCCCCC(=O)OCCNCCO. The molecule has 0 aromatic rings. The topological polar surface area (TPSA) is 58.6 Å². The molecule has 0 aliphatic heterocycles. The molecule has 0 saturated carbocycles. The summed E-state index contributed by atoms with van der Waals surface area (Å²) in [7, 11) is 0. The van der Waals surface area contributed by atoms with Crippen LogP contribution in [0.15, 0.2) is 0 Å². The summed E-state index contributed by atoms with van der Waals surface area (Å²) >= 11 is 0. The number of rotatable bonds is 23. The van der Waals surface area contributed by atoms with E-state index in [4.69, 9.17) is 9.84 Å². The standard InChI is InChI=1S/C24H49NO3/c1-2-3-4-5-6-7-8-9-10-11-12-13-14-15-16-17-18-19-24(27)28-23-21-25-20-22-26/h25-26H,2-23H2,1H3. The zero-order valence-corrected chi connectivity index (χ0v) is 18.8. The van der Waals surface area contributed by atoms with Crippen molar-refractivity contribution in [2.45, 2.75) is 122 Å². The molecule has 0 aliphatic carbocycles. The van der Waals surface area contributed by atoms with Crippen LogP contribution in [-0.4, -0.2) is 37.4 Å². The molecule has 4 nitrogen and oxygen atoms in total. The number of unbranched alkanes of at least 4 members (excludes halogenated alkanes) is 16. The predicted octanol–water partition coefficient (Wildman–Crippen LogP) is 6.15. The largest absolute Gasteiger partial charge is 0.464 e. The van der Waals surface area contributed by atoms with Gasteiger partial charge in [0.25, 0.3) is 0 Å². The maximum Gasteiger partial charge on any atom is 0.305 e. The van der Waals surface area contributed by atoms with E-state index in [1.807, 2.05) is 0 Å². The molecule has 0 amide bonds. The Balaban J connectivity index is 3.09. The Hall–Kier alpha value is -0.610. The number of aliphatic hydroxyl groups is 1. The van der Waals surface area contributed by atoms with Gasteiger partial charge in [0.2, 0.25) is 0 Å². The number of esters is 1. The normalized spacial score (nSPS) is 11.1. The highest BCUT2D eigenvalue weighted by Crippen LogP contribution is 2.14. The van der Waals surface area contributed by atoms with E-state index in [-0.39, 0.29) is 12.6 Å². The summed E-state index contributed by atoms with van der Waals surface area (Å²) in [5.74, 6) is -0.0910. The summed E-state index contributed by atoms with van der Waals surface area (Å²) in [5, 5.41) is 11.6. The Labute approximate surface area is 175 Å². The molecule has 0 atom stereocenters. The molecule has 0 aromatic carbocycles. The molecule has 0 saturated heterocycles. The van der Waals surface area contributed by atoms with Crippen molar-refractivity contribution < 1.29 is 14.6 Å². The van der Waals surface area contributed by atoms with Crippen molar-refractivity contribution in [2.24, 2.45) is 0 Å². The summed E-state index contributed by atoms with van der Waals surface area (Å²) in [6.07, 6.45) is 23.5. The van der Waals surface area contributed by atoms with Crippen LogP contribution in [0.1, 0.15) is 122 Å². The Morgan fingerprint density at radius 2 is 1.11 bits per heavy atom. The molecule has 2 N–H and O–H groups in total. The first-order valence-corrected chi connectivity index (χ1v) is 12.3. The molecule has 4 heteroatoms. The van der Waals surface area contributed by atoms with E-state index >= 15 is 0 Å². The van der Waals surface area contributed by atoms with Crippen LogP contribution >= 0.6 is 0 Å². The molecule has 0 aromatic heterocycles. The minimum absolute atomic E-state index is 0.0910. The summed E-state index contributed by atoms with van der Waals surface area (Å²) in [4.78, 5) is 11.5. The Morgan fingerprint density at radius 3 is 1.54 bits per heavy atom. The first-order valence-electron chi connectivity index (χ1n) is 12.3. The molecule has 168 valence electrons. The van der Waals surface area contributed by atoms with E-state index in [0.717, 1.165) is 12.8 Å². The third-order valence-corrected chi connectivity index (χ3v) is 5.31. The van der Waals surface area contributed by atoms with Crippen LogP contribution in [0.3, 0.4) is 0 Å². The fourth-order valence-corrected chi connectivity index (χ4v) is 3.51. The van der Waals surface area contributed by atoms with Crippen LogP contribution in [0.4, 0.5) is 0 Å². The van der Waals surface area contributed by atoms with Gasteiger partial charge in [-0.15, -0.1) is 0 Å². The van der Waals surface area contributed by atoms with E-state index < -0.39 is 0 Å². The zero-order valence-electron chi connectivity index (χ0n) is 18.8. The first kappa shape index (κ1) is 27.4. The van der Waals surface area contributed by atoms with Gasteiger partial charge in [-0.25, -0.2) is 0 Å². The van der Waals surface area contributed by atoms with E-state index in [2.05, 4.69) is 12.2 Å². The average molecular weight is 400 g/mol. The minimum atomic E-state index is -0.0910. The quantitative estimate of drug-likeness (QED) is 0.160. The molecule has 0 fully saturated rings. The number of aliphatic hydroxyl groups excluding tert-OH is 1. The van der Waals surface area contributed by atoms with Crippen molar-refractivity contribution in [1.82, 2.24) is 5.32 Å². The van der Waals surface area contributed by atoms with E-state index in [1.165, 1.54) is 96.3 Å².